The predicted octanol–water partition coefficient (Wildman–Crippen LogP) is 2.00. The summed E-state index contributed by atoms with van der Waals surface area (Å²) in [4.78, 5) is 65.1. The van der Waals surface area contributed by atoms with Gasteiger partial charge in [-0.3, -0.25) is 28.9 Å². The van der Waals surface area contributed by atoms with Crippen molar-refractivity contribution in [2.24, 2.45) is 40.2 Å². The molecule has 8 aliphatic rings. The van der Waals surface area contributed by atoms with Gasteiger partial charge in [-0.2, -0.15) is 0 Å². The Hall–Kier alpha value is -4.69. The largest absolute Gasteiger partial charge is 0.508 e. The van der Waals surface area contributed by atoms with E-state index in [1.807, 2.05) is 0 Å². The molecule has 0 spiro atoms. The molecule has 0 radical (unpaired) electrons. The van der Waals surface area contributed by atoms with Crippen LogP contribution in [0.4, 0.5) is 8.78 Å². The molecule has 1 aliphatic heterocycles. The van der Waals surface area contributed by atoms with Gasteiger partial charge >= 0.3 is 0 Å². The maximum atomic E-state index is 17.1. The lowest BCUT2D eigenvalue weighted by atomic mass is 9.44. The highest BCUT2D eigenvalue weighted by Gasteiger charge is 2.80. The number of benzene rings is 1. The maximum Gasteiger partial charge on any atom is 0.255 e. The smallest absolute Gasteiger partial charge is 0.255 e. The molecule has 9 rings (SSSR count). The number of hydrogen-bond acceptors (Lipinski definition) is 15. The predicted molar refractivity (Wildman–Crippen MR) is 219 cm³/mol. The summed E-state index contributed by atoms with van der Waals surface area (Å²) in [5, 5.41) is 76.0. The summed E-state index contributed by atoms with van der Waals surface area (Å²) >= 11 is 0. The number of amides is 1. The molecule has 64 heavy (non-hydrogen) atoms. The lowest BCUT2D eigenvalue weighted by Gasteiger charge is -2.63. The second kappa shape index (κ2) is 14.2. The van der Waals surface area contributed by atoms with Gasteiger partial charge in [0.1, 0.15) is 35.6 Å². The van der Waals surface area contributed by atoms with Crippen LogP contribution < -0.4 is 5.73 Å². The van der Waals surface area contributed by atoms with E-state index < -0.39 is 151 Å². The monoisotopic (exact) mass is 896 g/mol. The number of allylic oxidation sites excluding steroid dienone is 4. The molecule has 4 saturated carbocycles. The molecule has 18 heteroatoms. The van der Waals surface area contributed by atoms with Crippen LogP contribution in [0, 0.1) is 34.5 Å². The zero-order valence-corrected chi connectivity index (χ0v) is 36.4. The summed E-state index contributed by atoms with van der Waals surface area (Å²) in [5.74, 6) is -11.4. The fraction of sp³-hybridized carbons (Fsp3) is 0.587. The molecular weight excluding hydrogens is 843 g/mol. The number of fused-ring (bicyclic) bond motifs is 10. The second-order valence-electron chi connectivity index (χ2n) is 20.0. The molecule has 1 aromatic carbocycles. The van der Waals surface area contributed by atoms with Crippen molar-refractivity contribution in [2.75, 3.05) is 20.7 Å². The Morgan fingerprint density at radius 1 is 0.969 bits per heavy atom. The number of ketones is 4. The minimum atomic E-state index is -2.75. The first kappa shape index (κ1) is 45.9. The van der Waals surface area contributed by atoms with Crippen LogP contribution in [-0.2, 0) is 39.0 Å². The summed E-state index contributed by atoms with van der Waals surface area (Å²) in [7, 11) is 3.01. The number of phenols is 1. The Morgan fingerprint density at radius 2 is 1.62 bits per heavy atom. The van der Waals surface area contributed by atoms with E-state index in [9.17, 15) is 59.7 Å². The van der Waals surface area contributed by atoms with Crippen LogP contribution in [0.1, 0.15) is 71.4 Å². The number of rotatable bonds is 4. The Morgan fingerprint density at radius 3 is 2.23 bits per heavy atom. The Balaban J connectivity index is 0.000000175. The Bertz CT molecular complexity index is 2440. The molecule has 5 fully saturated rings. The minimum absolute atomic E-state index is 0.0550. The van der Waals surface area contributed by atoms with Gasteiger partial charge in [-0.25, -0.2) is 8.78 Å². The molecule has 1 amide bonds. The van der Waals surface area contributed by atoms with Crippen LogP contribution >= 0.6 is 0 Å². The molecule has 9 N–H and O–H groups in total. The molecule has 0 unspecified atom stereocenters. The Labute approximate surface area is 366 Å². The van der Waals surface area contributed by atoms with Crippen LogP contribution in [-0.4, -0.2) is 137 Å². The number of Topliss-reactive ketones (excluding diaryl/α,β-unsaturated/α-hetero) is 3. The highest BCUT2D eigenvalue weighted by Crippen LogP contribution is 2.72. The van der Waals surface area contributed by atoms with Gasteiger partial charge in [0, 0.05) is 34.2 Å². The third-order valence-corrected chi connectivity index (χ3v) is 16.2. The Kier molecular flexibility index (Phi) is 10.1. The van der Waals surface area contributed by atoms with Crippen molar-refractivity contribution >= 4 is 34.8 Å². The summed E-state index contributed by atoms with van der Waals surface area (Å²) in [6.07, 6.45) is -0.351. The van der Waals surface area contributed by atoms with Crippen LogP contribution in [0.2, 0.25) is 0 Å². The number of nitrogens with two attached hydrogens (primary N) is 1. The third-order valence-electron chi connectivity index (χ3n) is 16.2. The first-order valence-electron chi connectivity index (χ1n) is 21.2. The van der Waals surface area contributed by atoms with Crippen molar-refractivity contribution in [2.45, 2.75) is 113 Å². The topological polar surface area (TPSA) is 275 Å². The number of hydrogen-bond donors (Lipinski definition) is 8. The van der Waals surface area contributed by atoms with Gasteiger partial charge in [0.2, 0.25) is 5.78 Å². The molecular formula is C46H54F2N2O14. The molecule has 16 nitrogen and oxygen atoms in total. The van der Waals surface area contributed by atoms with Crippen molar-refractivity contribution in [3.05, 3.63) is 70.0 Å². The van der Waals surface area contributed by atoms with Crippen LogP contribution in [0.25, 0.3) is 5.76 Å². The lowest BCUT2D eigenvalue weighted by molar-refractivity contribution is -0.248. The molecule has 7 aliphatic carbocycles. The number of aromatic hydroxyl groups is 1. The SMILES string of the molecule is CC1(C)O[C@@H]2C[C@H]3[C@@H]4C[C@H](F)C5=CC(=O)C=C[C@]5(C)[C@@]4(F)[C@@H](O)C[C@]3(C)[C@]2(C(=O)CO)O1.CN(C)[C@@H]1C(=O)C(C(N)=O)=C(O)[C@@]2(O)C(=O)C3=C(O)c4c(O)cccc4[C@@](C)(O)[C@H]3C[C@@H]12. The van der Waals surface area contributed by atoms with Crippen LogP contribution in [0.3, 0.4) is 0 Å². The number of carbonyl (C=O) groups is 5. The first-order chi connectivity index (χ1) is 29.5. The average Bonchev–Trinajstić information content (AvgIpc) is 3.61. The van der Waals surface area contributed by atoms with Crippen LogP contribution in [0.5, 0.6) is 5.75 Å². The lowest BCUT2D eigenvalue weighted by Crippen LogP contribution is -2.71. The van der Waals surface area contributed by atoms with Crippen molar-refractivity contribution in [3.8, 4) is 5.75 Å². The van der Waals surface area contributed by atoms with Crippen molar-refractivity contribution in [1.82, 2.24) is 4.90 Å². The van der Waals surface area contributed by atoms with Gasteiger partial charge in [0.05, 0.1) is 29.4 Å². The fourth-order valence-corrected chi connectivity index (χ4v) is 13.4. The number of ether oxygens (including phenoxy) is 2. The van der Waals surface area contributed by atoms with E-state index in [1.54, 1.807) is 20.8 Å². The first-order valence-corrected chi connectivity index (χ1v) is 21.2. The highest BCUT2D eigenvalue weighted by molar-refractivity contribution is 6.24. The van der Waals surface area contributed by atoms with Gasteiger partial charge in [0.15, 0.2) is 40.0 Å². The number of alkyl halides is 2. The molecule has 1 saturated heterocycles. The van der Waals surface area contributed by atoms with E-state index in [-0.39, 0.29) is 42.4 Å². The van der Waals surface area contributed by atoms with Gasteiger partial charge in [0.25, 0.3) is 5.91 Å². The van der Waals surface area contributed by atoms with Gasteiger partial charge in [-0.05, 0) is 103 Å². The normalized spacial score (nSPS) is 43.8. The van der Waals surface area contributed by atoms with E-state index >= 15 is 8.78 Å². The van der Waals surface area contributed by atoms with E-state index in [0.29, 0.717) is 0 Å². The number of carbonyl (C=O) groups excluding carboxylic acids is 5. The number of aliphatic hydroxyl groups excluding tert-OH is 4. The number of halogens is 2. The number of phenolic OH excluding ortho intramolecular Hbond substituents is 1. The minimum Gasteiger partial charge on any atom is -0.508 e. The molecule has 0 aromatic heterocycles. The van der Waals surface area contributed by atoms with E-state index in [2.05, 4.69) is 0 Å². The molecule has 1 heterocycles. The second-order valence-corrected chi connectivity index (χ2v) is 20.0. The zero-order valence-electron chi connectivity index (χ0n) is 36.4. The number of primary amides is 1. The van der Waals surface area contributed by atoms with Crippen molar-refractivity contribution in [3.63, 3.8) is 0 Å². The van der Waals surface area contributed by atoms with Crippen molar-refractivity contribution in [1.29, 1.82) is 0 Å². The molecule has 14 atom stereocenters. The summed E-state index contributed by atoms with van der Waals surface area (Å²) in [5.41, 5.74) is -6.85. The fourth-order valence-electron chi connectivity index (χ4n) is 13.4. The maximum absolute atomic E-state index is 17.1. The summed E-state index contributed by atoms with van der Waals surface area (Å²) in [6.45, 7) is 7.28. The van der Waals surface area contributed by atoms with Gasteiger partial charge < -0.3 is 51.0 Å². The van der Waals surface area contributed by atoms with Crippen molar-refractivity contribution < 1.29 is 78.0 Å². The van der Waals surface area contributed by atoms with Crippen LogP contribution in [0.15, 0.2) is 58.9 Å². The third kappa shape index (κ3) is 5.53. The highest BCUT2D eigenvalue weighted by atomic mass is 19.1. The van der Waals surface area contributed by atoms with E-state index in [1.165, 1.54) is 63.2 Å². The quantitative estimate of drug-likeness (QED) is 0.201. The van der Waals surface area contributed by atoms with E-state index in [0.717, 1.165) is 6.08 Å². The van der Waals surface area contributed by atoms with E-state index in [4.69, 9.17) is 15.2 Å². The standard InChI is InChI=1S/C24H30F2O6.C22H24N2O8/c1-20(2)31-19-9-13-14-8-16(25)15-7-12(28)5-6-21(15,3)23(14,26)17(29)10-22(13,4)24(19,32-20)18(30)11-27;1-21(31)8-5-4-6-11(25)12(8)16(26)13-9(21)7-10-15(24(2)3)17(27)14(20(23)30)19(29)22(10,32)18(13)28/h5-7,13-14,16-17,19,27,29H,8-11H2,1-4H3;4-6,9-10,15,25-26,29,31-32H,7H2,1-3H3,(H2,23,30)/t13-,14-,16-,17-,19+,21-,22-,23-,24+;9-,10-,15-,21+,22-/m00/s1. The molecule has 346 valence electrons. The zero-order chi connectivity index (χ0) is 47.4. The number of nitrogens with zero attached hydrogens (tertiary/aromatic N) is 1. The summed E-state index contributed by atoms with van der Waals surface area (Å²) in [6, 6.07) is 3.02. The van der Waals surface area contributed by atoms with Gasteiger partial charge in [-0.1, -0.05) is 25.1 Å². The molecule has 1 aromatic rings. The molecule has 0 bridgehead atoms. The average molecular weight is 897 g/mol. The number of likely N-dealkylation sites (N-methyl/N-ethyl adjacent to an activating group) is 1. The number of aliphatic hydroxyl groups is 6. The van der Waals surface area contributed by atoms with Gasteiger partial charge in [-0.15, -0.1) is 0 Å². The summed E-state index contributed by atoms with van der Waals surface area (Å²) < 4.78 is 44.8.